The zero-order valence-electron chi connectivity index (χ0n) is 16.8. The van der Waals surface area contributed by atoms with E-state index in [2.05, 4.69) is 16.0 Å². The summed E-state index contributed by atoms with van der Waals surface area (Å²) in [7, 11) is 0. The van der Waals surface area contributed by atoms with Gasteiger partial charge in [0.05, 0.1) is 24.5 Å². The largest absolute Gasteiger partial charge is 0.378 e. The van der Waals surface area contributed by atoms with Crippen molar-refractivity contribution in [3.63, 3.8) is 0 Å². The molecular formula is C24H22N4O2. The number of nitriles is 1. The maximum absolute atomic E-state index is 12.5. The van der Waals surface area contributed by atoms with Crippen molar-refractivity contribution >= 4 is 18.1 Å². The van der Waals surface area contributed by atoms with Crippen LogP contribution in [0.1, 0.15) is 32.9 Å². The minimum absolute atomic E-state index is 0.0428. The number of benzene rings is 1. The molecule has 0 radical (unpaired) electrons. The third-order valence-corrected chi connectivity index (χ3v) is 5.13. The van der Waals surface area contributed by atoms with Crippen molar-refractivity contribution in [3.8, 4) is 17.3 Å². The van der Waals surface area contributed by atoms with E-state index in [0.717, 1.165) is 28.2 Å². The van der Waals surface area contributed by atoms with Gasteiger partial charge >= 0.3 is 0 Å². The number of aromatic nitrogens is 2. The van der Waals surface area contributed by atoms with Crippen LogP contribution in [-0.4, -0.2) is 47.1 Å². The fourth-order valence-corrected chi connectivity index (χ4v) is 3.40. The summed E-state index contributed by atoms with van der Waals surface area (Å²) in [6.07, 6.45) is 5.65. The topological polar surface area (TPSA) is 82.0 Å². The third-order valence-electron chi connectivity index (χ3n) is 5.13. The van der Waals surface area contributed by atoms with Crippen molar-refractivity contribution in [2.75, 3.05) is 26.3 Å². The average molecular weight is 398 g/mol. The van der Waals surface area contributed by atoms with Crippen LogP contribution in [0.5, 0.6) is 0 Å². The summed E-state index contributed by atoms with van der Waals surface area (Å²) in [5, 5.41) is 9.15. The van der Waals surface area contributed by atoms with Gasteiger partial charge in [0.15, 0.2) is 0 Å². The van der Waals surface area contributed by atoms with E-state index >= 15 is 0 Å². The van der Waals surface area contributed by atoms with Crippen LogP contribution in [-0.2, 0) is 4.74 Å². The Kier molecular flexibility index (Phi) is 5.73. The lowest BCUT2D eigenvalue weighted by Gasteiger charge is -2.26. The molecule has 1 saturated heterocycles. The number of rotatable bonds is 4. The van der Waals surface area contributed by atoms with Crippen LogP contribution >= 0.6 is 0 Å². The second kappa shape index (κ2) is 8.76. The highest BCUT2D eigenvalue weighted by molar-refractivity contribution is 5.94. The zero-order valence-corrected chi connectivity index (χ0v) is 16.8. The van der Waals surface area contributed by atoms with Gasteiger partial charge in [0.25, 0.3) is 5.91 Å². The predicted octanol–water partition coefficient (Wildman–Crippen LogP) is 3.90. The Morgan fingerprint density at radius 3 is 2.63 bits per heavy atom. The van der Waals surface area contributed by atoms with Gasteiger partial charge in [-0.1, -0.05) is 18.2 Å². The first kappa shape index (κ1) is 19.6. The van der Waals surface area contributed by atoms with Crippen LogP contribution in [0.3, 0.4) is 0 Å². The first-order valence-corrected chi connectivity index (χ1v) is 9.85. The summed E-state index contributed by atoms with van der Waals surface area (Å²) in [6, 6.07) is 15.5. The van der Waals surface area contributed by atoms with Crippen LogP contribution < -0.4 is 0 Å². The summed E-state index contributed by atoms with van der Waals surface area (Å²) in [6.45, 7) is 4.35. The van der Waals surface area contributed by atoms with Gasteiger partial charge in [-0.2, -0.15) is 5.26 Å². The van der Waals surface area contributed by atoms with Gasteiger partial charge in [0.2, 0.25) is 0 Å². The molecule has 0 spiro atoms. The number of ether oxygens (including phenoxy) is 1. The first-order valence-electron chi connectivity index (χ1n) is 9.85. The molecule has 6 heteroatoms. The number of nitrogens with zero attached hydrogens (tertiary/aromatic N) is 3. The molecule has 0 saturated carbocycles. The van der Waals surface area contributed by atoms with Crippen LogP contribution in [0.15, 0.2) is 48.7 Å². The lowest BCUT2D eigenvalue weighted by Crippen LogP contribution is -2.40. The standard InChI is InChI=1S/C24H22N4O2/c1-17-21(16-25)15-23(27-17)20-8-9-26-22(14-20)7-4-18-2-5-19(6-3-18)24(29)28-10-12-30-13-11-28/h2-9,14-15,27H,10-13H2,1H3/b7-4+. The highest BCUT2D eigenvalue weighted by atomic mass is 16.5. The number of hydrogen-bond donors (Lipinski definition) is 1. The summed E-state index contributed by atoms with van der Waals surface area (Å²) in [5.41, 5.74) is 5.85. The predicted molar refractivity (Wildman–Crippen MR) is 116 cm³/mol. The third kappa shape index (κ3) is 4.32. The normalized spacial score (nSPS) is 14.1. The Bertz CT molecular complexity index is 1120. The molecule has 0 atom stereocenters. The number of carbonyl (C=O) groups is 1. The molecule has 1 aliphatic rings. The number of H-pyrrole nitrogens is 1. The number of pyridine rings is 1. The number of hydrogen-bond acceptors (Lipinski definition) is 4. The fourth-order valence-electron chi connectivity index (χ4n) is 3.40. The Morgan fingerprint density at radius 1 is 1.17 bits per heavy atom. The van der Waals surface area contributed by atoms with E-state index in [0.29, 0.717) is 37.4 Å². The van der Waals surface area contributed by atoms with E-state index in [-0.39, 0.29) is 5.91 Å². The molecule has 1 aliphatic heterocycles. The van der Waals surface area contributed by atoms with Crippen molar-refractivity contribution < 1.29 is 9.53 Å². The number of carbonyl (C=O) groups excluding carboxylic acids is 1. The van der Waals surface area contributed by atoms with Crippen LogP contribution in [0.25, 0.3) is 23.4 Å². The Morgan fingerprint density at radius 2 is 1.93 bits per heavy atom. The number of aryl methyl sites for hydroxylation is 1. The zero-order chi connectivity index (χ0) is 20.9. The minimum atomic E-state index is 0.0428. The number of morpholine rings is 1. The summed E-state index contributed by atoms with van der Waals surface area (Å²) >= 11 is 0. The van der Waals surface area contributed by atoms with E-state index in [4.69, 9.17) is 10.00 Å². The molecule has 3 aromatic rings. The summed E-state index contributed by atoms with van der Waals surface area (Å²) in [4.78, 5) is 22.0. The second-order valence-corrected chi connectivity index (χ2v) is 7.16. The van der Waals surface area contributed by atoms with Gasteiger partial charge < -0.3 is 14.6 Å². The molecule has 1 N–H and O–H groups in total. The SMILES string of the molecule is Cc1[nH]c(-c2ccnc(/C=C/c3ccc(C(=O)N4CCOCC4)cc3)c2)cc1C#N. The Labute approximate surface area is 175 Å². The van der Waals surface area contributed by atoms with E-state index in [1.54, 1.807) is 6.20 Å². The molecule has 3 heterocycles. The lowest BCUT2D eigenvalue weighted by molar-refractivity contribution is 0.0303. The summed E-state index contributed by atoms with van der Waals surface area (Å²) < 4.78 is 5.30. The highest BCUT2D eigenvalue weighted by Gasteiger charge is 2.18. The number of nitrogens with one attached hydrogen (secondary N) is 1. The molecule has 1 amide bonds. The van der Waals surface area contributed by atoms with Crippen molar-refractivity contribution in [2.24, 2.45) is 0 Å². The van der Waals surface area contributed by atoms with E-state index in [1.807, 2.05) is 66.4 Å². The maximum Gasteiger partial charge on any atom is 0.254 e. The molecule has 0 aliphatic carbocycles. The van der Waals surface area contributed by atoms with Gasteiger partial charge in [-0.05, 0) is 48.9 Å². The van der Waals surface area contributed by atoms with Crippen LogP contribution in [0, 0.1) is 18.3 Å². The van der Waals surface area contributed by atoms with Gasteiger partial charge in [0.1, 0.15) is 6.07 Å². The molecule has 4 rings (SSSR count). The van der Waals surface area contributed by atoms with Crippen molar-refractivity contribution in [1.82, 2.24) is 14.9 Å². The number of amides is 1. The van der Waals surface area contributed by atoms with E-state index in [9.17, 15) is 4.79 Å². The van der Waals surface area contributed by atoms with Crippen LogP contribution in [0.4, 0.5) is 0 Å². The van der Waals surface area contributed by atoms with Crippen LogP contribution in [0.2, 0.25) is 0 Å². The van der Waals surface area contributed by atoms with Gasteiger partial charge in [0, 0.05) is 41.8 Å². The highest BCUT2D eigenvalue weighted by Crippen LogP contribution is 2.22. The second-order valence-electron chi connectivity index (χ2n) is 7.16. The van der Waals surface area contributed by atoms with Gasteiger partial charge in [-0.15, -0.1) is 0 Å². The number of aromatic amines is 1. The lowest BCUT2D eigenvalue weighted by atomic mass is 10.1. The summed E-state index contributed by atoms with van der Waals surface area (Å²) in [5.74, 6) is 0.0428. The molecule has 1 fully saturated rings. The molecule has 150 valence electrons. The average Bonchev–Trinajstić information content (AvgIpc) is 3.19. The quantitative estimate of drug-likeness (QED) is 0.723. The minimum Gasteiger partial charge on any atom is -0.378 e. The van der Waals surface area contributed by atoms with E-state index in [1.165, 1.54) is 0 Å². The van der Waals surface area contributed by atoms with Crippen molar-refractivity contribution in [2.45, 2.75) is 6.92 Å². The molecule has 2 aromatic heterocycles. The van der Waals surface area contributed by atoms with Gasteiger partial charge in [-0.25, -0.2) is 0 Å². The molecule has 1 aromatic carbocycles. The van der Waals surface area contributed by atoms with E-state index < -0.39 is 0 Å². The molecule has 0 bridgehead atoms. The molecular weight excluding hydrogens is 376 g/mol. The van der Waals surface area contributed by atoms with Crippen molar-refractivity contribution in [3.05, 3.63) is 76.7 Å². The first-order chi connectivity index (χ1) is 14.6. The smallest absolute Gasteiger partial charge is 0.254 e. The Hall–Kier alpha value is -3.69. The monoisotopic (exact) mass is 398 g/mol. The Balaban J connectivity index is 1.47. The van der Waals surface area contributed by atoms with Gasteiger partial charge in [-0.3, -0.25) is 9.78 Å². The maximum atomic E-state index is 12.5. The molecule has 0 unspecified atom stereocenters. The fraction of sp³-hybridized carbons (Fsp3) is 0.208. The molecule has 30 heavy (non-hydrogen) atoms. The molecule has 6 nitrogen and oxygen atoms in total. The van der Waals surface area contributed by atoms with Crippen molar-refractivity contribution in [1.29, 1.82) is 5.26 Å².